The summed E-state index contributed by atoms with van der Waals surface area (Å²) < 4.78 is 14.0. The van der Waals surface area contributed by atoms with Gasteiger partial charge >= 0.3 is 0 Å². The Morgan fingerprint density at radius 1 is 1.25 bits per heavy atom. The summed E-state index contributed by atoms with van der Waals surface area (Å²) in [6, 6.07) is 11.4. The van der Waals surface area contributed by atoms with E-state index in [-0.39, 0.29) is 5.82 Å². The van der Waals surface area contributed by atoms with E-state index in [1.807, 2.05) is 18.2 Å². The first-order chi connectivity index (χ1) is 9.69. The number of amidine groups is 1. The maximum atomic E-state index is 14.0. The van der Waals surface area contributed by atoms with Gasteiger partial charge in [0.25, 0.3) is 0 Å². The highest BCUT2D eigenvalue weighted by Gasteiger charge is 2.14. The fourth-order valence-corrected chi connectivity index (χ4v) is 2.73. The molecular formula is C17H17FN2. The summed E-state index contributed by atoms with van der Waals surface area (Å²) >= 11 is 0. The van der Waals surface area contributed by atoms with Crippen molar-refractivity contribution in [1.29, 1.82) is 0 Å². The third-order valence-electron chi connectivity index (χ3n) is 3.84. The van der Waals surface area contributed by atoms with Gasteiger partial charge in [-0.2, -0.15) is 0 Å². The molecule has 0 unspecified atom stereocenters. The van der Waals surface area contributed by atoms with Gasteiger partial charge in [0.15, 0.2) is 0 Å². The quantitative estimate of drug-likeness (QED) is 0.912. The highest BCUT2D eigenvalue weighted by atomic mass is 19.1. The number of nitrogens with zero attached hydrogens (tertiary/aromatic N) is 1. The molecule has 0 fully saturated rings. The van der Waals surface area contributed by atoms with Crippen molar-refractivity contribution >= 4 is 5.84 Å². The van der Waals surface area contributed by atoms with Crippen LogP contribution in [-0.2, 0) is 19.4 Å². The molecule has 0 aliphatic carbocycles. The number of aryl methyl sites for hydroxylation is 1. The summed E-state index contributed by atoms with van der Waals surface area (Å²) in [6.45, 7) is 2.68. The number of hydrogen-bond donors (Lipinski definition) is 1. The molecule has 1 aliphatic heterocycles. The Kier molecular flexibility index (Phi) is 3.26. The maximum Gasteiger partial charge on any atom is 0.127 e. The molecule has 0 saturated carbocycles. The van der Waals surface area contributed by atoms with Crippen LogP contribution in [0.1, 0.15) is 34.7 Å². The molecular weight excluding hydrogens is 251 g/mol. The molecule has 20 heavy (non-hydrogen) atoms. The van der Waals surface area contributed by atoms with Gasteiger partial charge in [-0.1, -0.05) is 37.3 Å². The van der Waals surface area contributed by atoms with Gasteiger partial charge in [-0.3, -0.25) is 4.99 Å². The van der Waals surface area contributed by atoms with Crippen molar-refractivity contribution in [3.63, 3.8) is 0 Å². The molecule has 0 bridgehead atoms. The van der Waals surface area contributed by atoms with E-state index in [1.54, 1.807) is 6.07 Å². The Bertz CT molecular complexity index is 689. The molecule has 0 saturated heterocycles. The van der Waals surface area contributed by atoms with Crippen LogP contribution in [0.25, 0.3) is 0 Å². The molecule has 1 heterocycles. The molecule has 0 spiro atoms. The van der Waals surface area contributed by atoms with Gasteiger partial charge in [-0.05, 0) is 34.7 Å². The van der Waals surface area contributed by atoms with E-state index in [0.29, 0.717) is 18.8 Å². The van der Waals surface area contributed by atoms with Crippen LogP contribution in [0.15, 0.2) is 41.4 Å². The van der Waals surface area contributed by atoms with E-state index >= 15 is 0 Å². The zero-order valence-electron chi connectivity index (χ0n) is 11.5. The molecule has 0 aromatic heterocycles. The number of nitrogens with two attached hydrogens (primary N) is 1. The zero-order chi connectivity index (χ0) is 14.1. The van der Waals surface area contributed by atoms with Gasteiger partial charge in [0.1, 0.15) is 11.7 Å². The summed E-state index contributed by atoms with van der Waals surface area (Å²) in [6.07, 6.45) is 1.46. The summed E-state index contributed by atoms with van der Waals surface area (Å²) in [5.74, 6) is 0.479. The normalized spacial score (nSPS) is 13.2. The number of hydrogen-bond acceptors (Lipinski definition) is 2. The van der Waals surface area contributed by atoms with Crippen LogP contribution in [0.3, 0.4) is 0 Å². The number of halogens is 1. The Morgan fingerprint density at radius 3 is 2.90 bits per heavy atom. The van der Waals surface area contributed by atoms with E-state index in [2.05, 4.69) is 18.0 Å². The van der Waals surface area contributed by atoms with Crippen LogP contribution < -0.4 is 5.73 Å². The highest BCUT2D eigenvalue weighted by molar-refractivity contribution is 6.00. The maximum absolute atomic E-state index is 14.0. The number of benzene rings is 2. The third-order valence-corrected chi connectivity index (χ3v) is 3.84. The summed E-state index contributed by atoms with van der Waals surface area (Å²) in [7, 11) is 0. The van der Waals surface area contributed by atoms with Crippen molar-refractivity contribution in [2.75, 3.05) is 0 Å². The van der Waals surface area contributed by atoms with E-state index in [0.717, 1.165) is 34.2 Å². The smallest absolute Gasteiger partial charge is 0.127 e. The molecule has 1 aliphatic rings. The lowest BCUT2D eigenvalue weighted by atomic mass is 9.95. The average Bonchev–Trinajstić information content (AvgIpc) is 2.82. The van der Waals surface area contributed by atoms with Gasteiger partial charge in [0.2, 0.25) is 0 Å². The lowest BCUT2D eigenvalue weighted by molar-refractivity contribution is 0.610. The standard InChI is InChI=1S/C17H17FN2/c1-2-12-4-3-5-16(18)15(12)9-11-6-7-14-13(8-11)10-20-17(14)19/h3-8H,2,9-10H2,1H3,(H2,19,20). The molecule has 3 heteroatoms. The second-order valence-electron chi connectivity index (χ2n) is 5.10. The molecule has 0 amide bonds. The predicted molar refractivity (Wildman–Crippen MR) is 79.5 cm³/mol. The number of fused-ring (bicyclic) bond motifs is 1. The van der Waals surface area contributed by atoms with Crippen molar-refractivity contribution in [2.45, 2.75) is 26.3 Å². The Balaban J connectivity index is 1.94. The summed E-state index contributed by atoms with van der Waals surface area (Å²) in [4.78, 5) is 4.22. The average molecular weight is 268 g/mol. The molecule has 2 aromatic carbocycles. The van der Waals surface area contributed by atoms with Crippen molar-refractivity contribution in [1.82, 2.24) is 0 Å². The van der Waals surface area contributed by atoms with Gasteiger partial charge in [0, 0.05) is 12.0 Å². The fourth-order valence-electron chi connectivity index (χ4n) is 2.73. The lowest BCUT2D eigenvalue weighted by Crippen LogP contribution is -2.10. The van der Waals surface area contributed by atoms with Gasteiger partial charge in [-0.25, -0.2) is 4.39 Å². The van der Waals surface area contributed by atoms with Gasteiger partial charge in [-0.15, -0.1) is 0 Å². The Morgan fingerprint density at radius 2 is 2.10 bits per heavy atom. The van der Waals surface area contributed by atoms with Crippen LogP contribution in [0.4, 0.5) is 4.39 Å². The first kappa shape index (κ1) is 12.9. The largest absolute Gasteiger partial charge is 0.383 e. The van der Waals surface area contributed by atoms with Crippen LogP contribution in [-0.4, -0.2) is 5.84 Å². The zero-order valence-corrected chi connectivity index (χ0v) is 11.5. The Hall–Kier alpha value is -2.16. The van der Waals surface area contributed by atoms with Crippen molar-refractivity contribution in [3.05, 3.63) is 70.0 Å². The molecule has 3 rings (SSSR count). The van der Waals surface area contributed by atoms with Crippen LogP contribution in [0.5, 0.6) is 0 Å². The highest BCUT2D eigenvalue weighted by Crippen LogP contribution is 2.23. The second-order valence-corrected chi connectivity index (χ2v) is 5.10. The summed E-state index contributed by atoms with van der Waals surface area (Å²) in [5.41, 5.74) is 10.9. The third kappa shape index (κ3) is 2.20. The molecule has 102 valence electrons. The van der Waals surface area contributed by atoms with Crippen LogP contribution in [0, 0.1) is 5.82 Å². The lowest BCUT2D eigenvalue weighted by Gasteiger charge is -2.10. The topological polar surface area (TPSA) is 38.4 Å². The summed E-state index contributed by atoms with van der Waals surface area (Å²) in [5, 5.41) is 0. The van der Waals surface area contributed by atoms with Crippen molar-refractivity contribution < 1.29 is 4.39 Å². The fraction of sp³-hybridized carbons (Fsp3) is 0.235. The molecule has 0 atom stereocenters. The molecule has 2 N–H and O–H groups in total. The predicted octanol–water partition coefficient (Wildman–Crippen LogP) is 3.20. The van der Waals surface area contributed by atoms with Crippen molar-refractivity contribution in [3.8, 4) is 0 Å². The monoisotopic (exact) mass is 268 g/mol. The van der Waals surface area contributed by atoms with Gasteiger partial charge < -0.3 is 5.73 Å². The van der Waals surface area contributed by atoms with E-state index in [9.17, 15) is 4.39 Å². The minimum absolute atomic E-state index is 0.124. The number of rotatable bonds is 3. The van der Waals surface area contributed by atoms with E-state index in [4.69, 9.17) is 5.73 Å². The molecule has 2 aromatic rings. The first-order valence-electron chi connectivity index (χ1n) is 6.87. The SMILES string of the molecule is CCc1cccc(F)c1Cc1ccc2c(c1)CN=C2N. The van der Waals surface area contributed by atoms with Crippen molar-refractivity contribution in [2.24, 2.45) is 10.7 Å². The minimum Gasteiger partial charge on any atom is -0.383 e. The van der Waals surface area contributed by atoms with E-state index in [1.165, 1.54) is 6.07 Å². The van der Waals surface area contributed by atoms with Crippen LogP contribution >= 0.6 is 0 Å². The number of aliphatic imine (C=N–C) groups is 1. The first-order valence-corrected chi connectivity index (χ1v) is 6.87. The molecule has 0 radical (unpaired) electrons. The molecule has 2 nitrogen and oxygen atoms in total. The Labute approximate surface area is 118 Å². The van der Waals surface area contributed by atoms with Gasteiger partial charge in [0.05, 0.1) is 6.54 Å². The minimum atomic E-state index is -0.124. The second kappa shape index (κ2) is 5.08. The van der Waals surface area contributed by atoms with Crippen LogP contribution in [0.2, 0.25) is 0 Å². The van der Waals surface area contributed by atoms with E-state index < -0.39 is 0 Å².